The monoisotopic (exact) mass is 658 g/mol. The number of benzene rings is 5. The van der Waals surface area contributed by atoms with Gasteiger partial charge in [-0.3, -0.25) is 9.59 Å². The molecule has 6 heteroatoms. The Kier molecular flexibility index (Phi) is 9.90. The third-order valence-electron chi connectivity index (χ3n) is 8.09. The molecule has 0 fully saturated rings. The minimum Gasteiger partial charge on any atom is -0.494 e. The largest absolute Gasteiger partial charge is 0.494 e. The molecule has 0 aliphatic heterocycles. The van der Waals surface area contributed by atoms with E-state index in [9.17, 15) is 9.59 Å². The van der Waals surface area contributed by atoms with Crippen LogP contribution < -0.4 is 9.47 Å². The van der Waals surface area contributed by atoms with Crippen molar-refractivity contribution >= 4 is 35.1 Å². The lowest BCUT2D eigenvalue weighted by Crippen LogP contribution is -2.22. The third-order valence-corrected chi connectivity index (χ3v) is 10.2. The summed E-state index contributed by atoms with van der Waals surface area (Å²) in [6.07, 6.45) is 2.10. The van der Waals surface area contributed by atoms with Gasteiger partial charge >= 0.3 is 0 Å². The fourth-order valence-corrected chi connectivity index (χ4v) is 7.37. The van der Waals surface area contributed by atoms with Gasteiger partial charge in [0.15, 0.2) is 11.6 Å². The number of ether oxygens (including phenoxy) is 2. The third kappa shape index (κ3) is 7.50. The van der Waals surface area contributed by atoms with Gasteiger partial charge in [0.1, 0.15) is 18.1 Å². The van der Waals surface area contributed by atoms with Crippen molar-refractivity contribution in [2.24, 2.45) is 0 Å². The fourth-order valence-electron chi connectivity index (χ4n) is 5.41. The molecule has 0 N–H and O–H groups in total. The van der Waals surface area contributed by atoms with E-state index in [0.717, 1.165) is 49.5 Å². The zero-order chi connectivity index (χ0) is 33.0. The van der Waals surface area contributed by atoms with E-state index in [0.29, 0.717) is 35.5 Å². The second kappa shape index (κ2) is 14.2. The Labute approximate surface area is 285 Å². The molecule has 238 valence electrons. The van der Waals surface area contributed by atoms with Crippen LogP contribution in [0.2, 0.25) is 0 Å². The highest BCUT2D eigenvalue weighted by molar-refractivity contribution is 7.99. The summed E-state index contributed by atoms with van der Waals surface area (Å²) in [5, 5.41) is 0. The Morgan fingerprint density at radius 1 is 0.596 bits per heavy atom. The molecule has 0 heterocycles. The summed E-state index contributed by atoms with van der Waals surface area (Å²) in [4.78, 5) is 31.4. The summed E-state index contributed by atoms with van der Waals surface area (Å²) in [6, 6.07) is 35.3. The van der Waals surface area contributed by atoms with Crippen molar-refractivity contribution in [2.45, 2.75) is 72.1 Å². The number of carbonyl (C=O) groups is 2. The normalized spacial score (nSPS) is 12.4. The van der Waals surface area contributed by atoms with Gasteiger partial charge in [0.25, 0.3) is 0 Å². The smallest absolute Gasteiger partial charge is 0.195 e. The molecule has 0 aromatic heterocycles. The van der Waals surface area contributed by atoms with Crippen LogP contribution in [0.25, 0.3) is 0 Å². The first-order chi connectivity index (χ1) is 22.7. The molecule has 5 aromatic carbocycles. The number of unbranched alkanes of at least 4 members (excludes halogenated alkanes) is 1. The minimum absolute atomic E-state index is 0.116. The molecule has 0 unspecified atom stereocenters. The number of hydrogen-bond donors (Lipinski definition) is 0. The van der Waals surface area contributed by atoms with Crippen molar-refractivity contribution in [1.29, 1.82) is 0 Å². The first kappa shape index (κ1) is 32.7. The molecule has 4 nitrogen and oxygen atoms in total. The number of carbonyl (C=O) groups excluding carboxylic acids is 2. The molecule has 5 aromatic rings. The molecule has 47 heavy (non-hydrogen) atoms. The molecule has 1 aliphatic carbocycles. The van der Waals surface area contributed by atoms with E-state index in [-0.39, 0.29) is 17.0 Å². The van der Waals surface area contributed by atoms with Gasteiger partial charge in [-0.15, -0.1) is 0 Å². The molecule has 0 bridgehead atoms. The maximum absolute atomic E-state index is 14.0. The van der Waals surface area contributed by atoms with Gasteiger partial charge in [0.2, 0.25) is 0 Å². The molecule has 0 radical (unpaired) electrons. The van der Waals surface area contributed by atoms with Crippen molar-refractivity contribution in [1.82, 2.24) is 0 Å². The van der Waals surface area contributed by atoms with Crippen LogP contribution in [0.15, 0.2) is 129 Å². The first-order valence-electron chi connectivity index (χ1n) is 16.0. The van der Waals surface area contributed by atoms with E-state index >= 15 is 0 Å². The summed E-state index contributed by atoms with van der Waals surface area (Å²) in [5.74, 6) is 1.34. The predicted molar refractivity (Wildman–Crippen MR) is 191 cm³/mol. The molecule has 0 amide bonds. The Hall–Kier alpha value is -4.26. The summed E-state index contributed by atoms with van der Waals surface area (Å²) in [7, 11) is 0. The Morgan fingerprint density at radius 2 is 1.09 bits per heavy atom. The average Bonchev–Trinajstić information content (AvgIpc) is 3.07. The number of rotatable bonds is 11. The van der Waals surface area contributed by atoms with Crippen LogP contribution in [0.4, 0.5) is 0 Å². The zero-order valence-corrected chi connectivity index (χ0v) is 28.8. The van der Waals surface area contributed by atoms with Crippen LogP contribution in [0.3, 0.4) is 0 Å². The van der Waals surface area contributed by atoms with Crippen LogP contribution in [0.1, 0.15) is 83.5 Å². The average molecular weight is 659 g/mol. The highest BCUT2D eigenvalue weighted by Crippen LogP contribution is 2.41. The molecule has 6 rings (SSSR count). The second-order valence-corrected chi connectivity index (χ2v) is 14.8. The summed E-state index contributed by atoms with van der Waals surface area (Å²) >= 11 is 2.97. The standard InChI is InChI=1S/C41H38O4S2/c1-5-6-25-44-29-17-21-31(22-18-29)46-35-11-7-9-33-37(35)39(42)34-10-8-12-36(38(34)40(33)43)47-32-23-19-30(20-24-32)45-26-27-13-15-28(16-14-27)41(2,3)4/h7-24H,5-6,25-26H2,1-4H3. The van der Waals surface area contributed by atoms with E-state index < -0.39 is 0 Å². The SMILES string of the molecule is CCCCOc1ccc(Sc2cccc3c2C(=O)c2cccc(Sc4ccc(OCc5ccc(C(C)(C)C)cc5)cc4)c2C3=O)cc1. The Bertz CT molecular complexity index is 1890. The number of fused-ring (bicyclic) bond motifs is 2. The maximum atomic E-state index is 14.0. The highest BCUT2D eigenvalue weighted by atomic mass is 32.2. The van der Waals surface area contributed by atoms with Crippen molar-refractivity contribution in [2.75, 3.05) is 6.61 Å². The second-order valence-electron chi connectivity index (χ2n) is 12.6. The van der Waals surface area contributed by atoms with Crippen LogP contribution in [0, 0.1) is 0 Å². The molecular formula is C41H38O4S2. The number of hydrogen-bond acceptors (Lipinski definition) is 6. The van der Waals surface area contributed by atoms with Gasteiger partial charge in [0.05, 0.1) is 6.61 Å². The van der Waals surface area contributed by atoms with E-state index in [1.165, 1.54) is 29.1 Å². The van der Waals surface area contributed by atoms with Gasteiger partial charge in [0, 0.05) is 41.8 Å². The Morgan fingerprint density at radius 3 is 1.55 bits per heavy atom. The number of ketones is 2. The summed E-state index contributed by atoms with van der Waals surface area (Å²) < 4.78 is 11.8. The van der Waals surface area contributed by atoms with Gasteiger partial charge in [-0.25, -0.2) is 0 Å². The lowest BCUT2D eigenvalue weighted by molar-refractivity contribution is 0.0974. The van der Waals surface area contributed by atoms with E-state index in [1.807, 2.05) is 72.8 Å². The summed E-state index contributed by atoms with van der Waals surface area (Å²) in [5.41, 5.74) is 4.34. The van der Waals surface area contributed by atoms with Crippen molar-refractivity contribution in [3.8, 4) is 11.5 Å². The van der Waals surface area contributed by atoms with Crippen LogP contribution in [-0.4, -0.2) is 18.2 Å². The van der Waals surface area contributed by atoms with Crippen molar-refractivity contribution in [3.05, 3.63) is 143 Å². The van der Waals surface area contributed by atoms with Crippen molar-refractivity contribution < 1.29 is 19.1 Å². The van der Waals surface area contributed by atoms with Gasteiger partial charge in [-0.2, -0.15) is 0 Å². The molecule has 1 aliphatic rings. The van der Waals surface area contributed by atoms with E-state index in [2.05, 4.69) is 52.0 Å². The van der Waals surface area contributed by atoms with Crippen LogP contribution in [-0.2, 0) is 12.0 Å². The lowest BCUT2D eigenvalue weighted by atomic mass is 9.84. The van der Waals surface area contributed by atoms with Crippen LogP contribution in [0.5, 0.6) is 11.5 Å². The fraction of sp³-hybridized carbons (Fsp3) is 0.220. The molecule has 0 atom stereocenters. The van der Waals surface area contributed by atoms with E-state index in [4.69, 9.17) is 9.47 Å². The van der Waals surface area contributed by atoms with Gasteiger partial charge in [-0.05, 0) is 83.6 Å². The van der Waals surface area contributed by atoms with E-state index in [1.54, 1.807) is 12.1 Å². The highest BCUT2D eigenvalue weighted by Gasteiger charge is 2.33. The lowest BCUT2D eigenvalue weighted by Gasteiger charge is -2.22. The first-order valence-corrected chi connectivity index (χ1v) is 17.6. The molecular weight excluding hydrogens is 621 g/mol. The topological polar surface area (TPSA) is 52.6 Å². The van der Waals surface area contributed by atoms with Gasteiger partial charge < -0.3 is 9.47 Å². The molecule has 0 saturated heterocycles. The molecule has 0 saturated carbocycles. The minimum atomic E-state index is -0.128. The van der Waals surface area contributed by atoms with Crippen molar-refractivity contribution in [3.63, 3.8) is 0 Å². The quantitative estimate of drug-likeness (QED) is 0.129. The van der Waals surface area contributed by atoms with Gasteiger partial charge in [-0.1, -0.05) is 106 Å². The van der Waals surface area contributed by atoms with Crippen LogP contribution >= 0.6 is 23.5 Å². The maximum Gasteiger partial charge on any atom is 0.195 e. The summed E-state index contributed by atoms with van der Waals surface area (Å²) in [6.45, 7) is 9.93. The molecule has 0 spiro atoms. The Balaban J connectivity index is 1.16. The zero-order valence-electron chi connectivity index (χ0n) is 27.2. The predicted octanol–water partition coefficient (Wildman–Crippen LogP) is 10.8.